The highest BCUT2D eigenvalue weighted by Gasteiger charge is 2.18. The lowest BCUT2D eigenvalue weighted by Gasteiger charge is -2.18. The Kier molecular flexibility index (Phi) is 6.62. The molecule has 2 aromatic rings. The summed E-state index contributed by atoms with van der Waals surface area (Å²) in [7, 11) is 3.09. The molecule has 4 nitrogen and oxygen atoms in total. The number of rotatable bonds is 8. The number of hydrogen-bond acceptors (Lipinski definition) is 4. The molecule has 0 aliphatic rings. The summed E-state index contributed by atoms with van der Waals surface area (Å²) in [5.74, 6) is 1.89. The monoisotopic (exact) mass is 346 g/mol. The van der Waals surface area contributed by atoms with Crippen molar-refractivity contribution in [2.45, 2.75) is 26.4 Å². The van der Waals surface area contributed by atoms with Crippen molar-refractivity contribution in [3.63, 3.8) is 0 Å². The average molecular weight is 346 g/mol. The van der Waals surface area contributed by atoms with Crippen LogP contribution in [0.3, 0.4) is 0 Å². The molecule has 5 heteroatoms. The van der Waals surface area contributed by atoms with Gasteiger partial charge in [-0.25, -0.2) is 0 Å². The number of carbonyl (C=O) groups excluding carboxylic acids is 1. The van der Waals surface area contributed by atoms with Crippen molar-refractivity contribution in [2.24, 2.45) is 0 Å². The fourth-order valence-corrected chi connectivity index (χ4v) is 3.30. The molecule has 2 unspecified atom stereocenters. The second kappa shape index (κ2) is 8.70. The van der Waals surface area contributed by atoms with Gasteiger partial charge < -0.3 is 14.2 Å². The first-order valence-corrected chi connectivity index (χ1v) is 8.88. The van der Waals surface area contributed by atoms with Crippen molar-refractivity contribution in [2.75, 3.05) is 14.2 Å². The molecule has 2 aromatic carbocycles. The predicted molar refractivity (Wildman–Crippen MR) is 98.6 cm³/mol. The fraction of sp³-hybridized carbons (Fsp3) is 0.316. The zero-order valence-corrected chi connectivity index (χ0v) is 15.5. The molecule has 0 aliphatic carbocycles. The molecule has 0 spiro atoms. The molecular weight excluding hydrogens is 323 g/mol. The van der Waals surface area contributed by atoms with Crippen LogP contribution in [0.4, 0.5) is 0 Å². The molecule has 0 saturated heterocycles. The lowest BCUT2D eigenvalue weighted by Crippen LogP contribution is -2.13. The molecule has 0 amide bonds. The number of methoxy groups -OCH3 is 2. The van der Waals surface area contributed by atoms with Crippen molar-refractivity contribution in [3.05, 3.63) is 48.0 Å². The van der Waals surface area contributed by atoms with E-state index in [0.717, 1.165) is 11.7 Å². The first-order valence-electron chi connectivity index (χ1n) is 7.88. The van der Waals surface area contributed by atoms with Gasteiger partial charge in [-0.2, -0.15) is 0 Å². The van der Waals surface area contributed by atoms with Crippen LogP contribution in [0.2, 0.25) is 0 Å². The maximum Gasteiger partial charge on any atom is 0.185 e. The number of carbonyl (C=O) groups is 1. The van der Waals surface area contributed by atoms with Crippen LogP contribution in [0.1, 0.15) is 30.6 Å². The summed E-state index contributed by atoms with van der Waals surface area (Å²) in [5.41, 5.74) is 0.725. The Bertz CT molecular complexity index is 660. The Morgan fingerprint density at radius 3 is 2.17 bits per heavy atom. The molecule has 0 radical (unpaired) electrons. The quantitative estimate of drug-likeness (QED) is 0.677. The molecular formula is C19H23O4P. The zero-order chi connectivity index (χ0) is 17.5. The van der Waals surface area contributed by atoms with Crippen molar-refractivity contribution < 1.29 is 19.0 Å². The zero-order valence-electron chi connectivity index (χ0n) is 14.5. The highest BCUT2D eigenvalue weighted by molar-refractivity contribution is 7.66. The molecule has 0 aromatic heterocycles. The van der Waals surface area contributed by atoms with Crippen LogP contribution >= 0.6 is 8.58 Å². The van der Waals surface area contributed by atoms with E-state index in [2.05, 4.69) is 6.92 Å². The van der Waals surface area contributed by atoms with Gasteiger partial charge in [0.05, 0.1) is 25.6 Å². The maximum atomic E-state index is 12.5. The van der Waals surface area contributed by atoms with E-state index >= 15 is 0 Å². The van der Waals surface area contributed by atoms with E-state index in [-0.39, 0.29) is 20.2 Å². The fourth-order valence-electron chi connectivity index (χ4n) is 2.17. The molecule has 0 bridgehead atoms. The predicted octanol–water partition coefficient (Wildman–Crippen LogP) is 4.03. The van der Waals surface area contributed by atoms with E-state index in [0.29, 0.717) is 22.8 Å². The minimum Gasteiger partial charge on any atom is -0.496 e. The minimum atomic E-state index is -0.0849. The van der Waals surface area contributed by atoms with Crippen LogP contribution in [-0.2, 0) is 0 Å². The Hall–Kier alpha value is -2.06. The average Bonchev–Trinajstić information content (AvgIpc) is 2.62. The summed E-state index contributed by atoms with van der Waals surface area (Å²) >= 11 is 0. The molecule has 0 N–H and O–H groups in total. The van der Waals surface area contributed by atoms with Crippen LogP contribution in [0.15, 0.2) is 42.5 Å². The Balaban J connectivity index is 2.33. The van der Waals surface area contributed by atoms with Gasteiger partial charge in [0.15, 0.2) is 5.52 Å². The first kappa shape index (κ1) is 18.3. The molecule has 0 heterocycles. The molecule has 0 aliphatic heterocycles. The lowest BCUT2D eigenvalue weighted by molar-refractivity contribution is 0.108. The third-order valence-electron chi connectivity index (χ3n) is 3.67. The topological polar surface area (TPSA) is 44.8 Å². The van der Waals surface area contributed by atoms with E-state index in [1.54, 1.807) is 14.2 Å². The van der Waals surface area contributed by atoms with Gasteiger partial charge in [-0.05, 0) is 21.9 Å². The lowest BCUT2D eigenvalue weighted by atomic mass is 10.2. The van der Waals surface area contributed by atoms with Gasteiger partial charge in [0.1, 0.15) is 17.2 Å². The summed E-state index contributed by atoms with van der Waals surface area (Å²) < 4.78 is 16.8. The number of ether oxygens (including phenoxy) is 3. The van der Waals surface area contributed by atoms with Crippen molar-refractivity contribution >= 4 is 19.4 Å². The van der Waals surface area contributed by atoms with Crippen LogP contribution in [-0.4, -0.2) is 25.8 Å². The smallest absolute Gasteiger partial charge is 0.185 e. The maximum absolute atomic E-state index is 12.5. The van der Waals surface area contributed by atoms with Gasteiger partial charge in [-0.15, -0.1) is 0 Å². The Morgan fingerprint density at radius 2 is 1.67 bits per heavy atom. The number of benzene rings is 2. The van der Waals surface area contributed by atoms with Gasteiger partial charge >= 0.3 is 0 Å². The summed E-state index contributed by atoms with van der Waals surface area (Å²) in [6.45, 7) is 4.07. The summed E-state index contributed by atoms with van der Waals surface area (Å²) in [6.07, 6.45) is 0.999. The van der Waals surface area contributed by atoms with Gasteiger partial charge in [-0.3, -0.25) is 4.79 Å². The molecule has 2 atom stereocenters. The molecule has 128 valence electrons. The SMILES string of the molecule is CCC(C)Oc1cc(OC)c(PC(=O)c2ccccc2)c(OC)c1. The minimum absolute atomic E-state index is 0.0443. The van der Waals surface area contributed by atoms with E-state index < -0.39 is 0 Å². The number of hydrogen-bond donors (Lipinski definition) is 0. The Labute approximate surface area is 144 Å². The first-order chi connectivity index (χ1) is 11.6. The normalized spacial score (nSPS) is 12.2. The summed E-state index contributed by atoms with van der Waals surface area (Å²) in [6, 6.07) is 12.9. The van der Waals surface area contributed by atoms with E-state index in [9.17, 15) is 4.79 Å². The van der Waals surface area contributed by atoms with Crippen LogP contribution in [0, 0.1) is 0 Å². The van der Waals surface area contributed by atoms with Crippen molar-refractivity contribution in [3.8, 4) is 17.2 Å². The van der Waals surface area contributed by atoms with Crippen molar-refractivity contribution in [1.82, 2.24) is 0 Å². The summed E-state index contributed by atoms with van der Waals surface area (Å²) in [5, 5.41) is 0.755. The van der Waals surface area contributed by atoms with Crippen LogP contribution in [0.5, 0.6) is 17.2 Å². The highest BCUT2D eigenvalue weighted by atomic mass is 31.1. The molecule has 0 saturated carbocycles. The van der Waals surface area contributed by atoms with E-state index in [1.807, 2.05) is 49.4 Å². The third kappa shape index (κ3) is 4.48. The second-order valence-electron chi connectivity index (χ2n) is 5.36. The van der Waals surface area contributed by atoms with Gasteiger partial charge in [0.2, 0.25) is 0 Å². The van der Waals surface area contributed by atoms with Crippen molar-refractivity contribution in [1.29, 1.82) is 0 Å². The van der Waals surface area contributed by atoms with Crippen LogP contribution in [0.25, 0.3) is 0 Å². The standard InChI is InChI=1S/C19H23O4P/c1-5-13(2)23-15-11-16(21-3)18(17(12-15)22-4)24-19(20)14-9-7-6-8-10-14/h6-13,24H,5H2,1-4H3. The van der Waals surface area contributed by atoms with E-state index in [1.165, 1.54) is 0 Å². The van der Waals surface area contributed by atoms with E-state index in [4.69, 9.17) is 14.2 Å². The van der Waals surface area contributed by atoms with Crippen LogP contribution < -0.4 is 19.5 Å². The van der Waals surface area contributed by atoms with Gasteiger partial charge in [0.25, 0.3) is 0 Å². The third-order valence-corrected chi connectivity index (χ3v) is 4.92. The molecule has 0 fully saturated rings. The van der Waals surface area contributed by atoms with Gasteiger partial charge in [-0.1, -0.05) is 37.3 Å². The highest BCUT2D eigenvalue weighted by Crippen LogP contribution is 2.34. The second-order valence-corrected chi connectivity index (χ2v) is 6.56. The Morgan fingerprint density at radius 1 is 1.08 bits per heavy atom. The molecule has 24 heavy (non-hydrogen) atoms. The largest absolute Gasteiger partial charge is 0.496 e. The molecule has 2 rings (SSSR count). The van der Waals surface area contributed by atoms with Gasteiger partial charge in [0, 0.05) is 17.7 Å². The summed E-state index contributed by atoms with van der Waals surface area (Å²) in [4.78, 5) is 12.5.